The zero-order chi connectivity index (χ0) is 35.9. The fourth-order valence-electron chi connectivity index (χ4n) is 8.96. The van der Waals surface area contributed by atoms with Crippen molar-refractivity contribution < 1.29 is 0 Å². The lowest BCUT2D eigenvalue weighted by Crippen LogP contribution is -2.07. The summed E-state index contributed by atoms with van der Waals surface area (Å²) < 4.78 is 2.42. The Hall–Kier alpha value is -6.36. The monoisotopic (exact) mass is 709 g/mol. The highest BCUT2D eigenvalue weighted by Crippen LogP contribution is 2.40. The van der Waals surface area contributed by atoms with Gasteiger partial charge in [0.1, 0.15) is 0 Å². The number of rotatable bonds is 4. The van der Waals surface area contributed by atoms with E-state index in [1.165, 1.54) is 98.1 Å². The van der Waals surface area contributed by atoms with E-state index in [1.54, 1.807) is 12.4 Å². The molecule has 3 aromatic heterocycles. The van der Waals surface area contributed by atoms with Gasteiger partial charge in [-0.25, -0.2) is 0 Å². The quantitative estimate of drug-likeness (QED) is 0.182. The maximum atomic E-state index is 4.64. The van der Waals surface area contributed by atoms with Gasteiger partial charge in [0.2, 0.25) is 0 Å². The number of hydrogen-bond acceptors (Lipinski definition) is 3. The Balaban J connectivity index is 0.907. The normalized spacial score (nSPS) is 12.5. The average Bonchev–Trinajstić information content (AvgIpc) is 3.82. The average molecular weight is 710 g/mol. The fourth-order valence-corrected chi connectivity index (χ4v) is 9.99. The second kappa shape index (κ2) is 12.1. The topological polar surface area (TPSA) is 30.7 Å². The van der Waals surface area contributed by atoms with E-state index >= 15 is 0 Å². The molecule has 0 aliphatic heterocycles. The van der Waals surface area contributed by atoms with Crippen LogP contribution in [0.5, 0.6) is 0 Å². The minimum absolute atomic E-state index is 0.927. The molecule has 0 fully saturated rings. The van der Waals surface area contributed by atoms with Crippen LogP contribution in [0.4, 0.5) is 0 Å². The molecule has 10 aromatic rings. The van der Waals surface area contributed by atoms with Crippen LogP contribution in [-0.2, 0) is 12.8 Å². The molecule has 0 saturated carbocycles. The first-order chi connectivity index (χ1) is 26.6. The van der Waals surface area contributed by atoms with Crippen molar-refractivity contribution >= 4 is 54.9 Å². The van der Waals surface area contributed by atoms with Crippen molar-refractivity contribution in [1.82, 2.24) is 14.5 Å². The van der Waals surface area contributed by atoms with Gasteiger partial charge in [-0.15, -0.1) is 11.3 Å². The Morgan fingerprint density at radius 2 is 1.19 bits per heavy atom. The molecule has 0 atom stereocenters. The Bertz CT molecular complexity index is 3060. The lowest BCUT2D eigenvalue weighted by molar-refractivity contribution is 1.01. The van der Waals surface area contributed by atoms with Crippen molar-refractivity contribution in [2.75, 3.05) is 0 Å². The van der Waals surface area contributed by atoms with E-state index in [2.05, 4.69) is 162 Å². The molecule has 11 rings (SSSR count). The number of benzene rings is 7. The first kappa shape index (κ1) is 31.2. The highest BCUT2D eigenvalue weighted by atomic mass is 32.1. The third-order valence-corrected chi connectivity index (χ3v) is 12.6. The zero-order valence-corrected chi connectivity index (χ0v) is 30.9. The lowest BCUT2D eigenvalue weighted by Gasteiger charge is -2.22. The summed E-state index contributed by atoms with van der Waals surface area (Å²) in [4.78, 5) is 11.6. The minimum Gasteiger partial charge on any atom is -0.309 e. The first-order valence-electron chi connectivity index (χ1n) is 18.6. The van der Waals surface area contributed by atoms with Gasteiger partial charge in [-0.2, -0.15) is 0 Å². The summed E-state index contributed by atoms with van der Waals surface area (Å²) in [5, 5.41) is 5.19. The van der Waals surface area contributed by atoms with Gasteiger partial charge in [-0.1, -0.05) is 84.9 Å². The van der Waals surface area contributed by atoms with Crippen molar-refractivity contribution in [3.8, 4) is 37.7 Å². The maximum absolute atomic E-state index is 4.64. The summed E-state index contributed by atoms with van der Waals surface area (Å²) in [5.74, 6) is 0. The van der Waals surface area contributed by atoms with E-state index in [9.17, 15) is 0 Å². The molecule has 0 radical (unpaired) electrons. The van der Waals surface area contributed by atoms with Crippen LogP contribution in [0.3, 0.4) is 0 Å². The third kappa shape index (κ3) is 4.94. The fraction of sp³-hybridized carbons (Fsp3) is 0.0800. The molecular weight excluding hydrogens is 675 g/mol. The molecule has 0 bridgehead atoms. The summed E-state index contributed by atoms with van der Waals surface area (Å²) in [6.45, 7) is 4.52. The van der Waals surface area contributed by atoms with E-state index in [4.69, 9.17) is 0 Å². The Kier molecular flexibility index (Phi) is 6.98. The second-order valence-corrected chi connectivity index (χ2v) is 15.8. The maximum Gasteiger partial charge on any atom is 0.0973 e. The van der Waals surface area contributed by atoms with E-state index in [0.29, 0.717) is 0 Å². The number of fused-ring (bicyclic) bond motifs is 7. The summed E-state index contributed by atoms with van der Waals surface area (Å²) in [6, 6.07) is 51.9. The summed E-state index contributed by atoms with van der Waals surface area (Å²) in [7, 11) is 0. The number of hydrogen-bond donors (Lipinski definition) is 0. The Labute approximate surface area is 317 Å². The van der Waals surface area contributed by atoms with Gasteiger partial charge in [0, 0.05) is 44.2 Å². The van der Waals surface area contributed by atoms with Crippen LogP contribution in [-0.4, -0.2) is 14.5 Å². The molecule has 3 nitrogen and oxygen atoms in total. The standard InChI is InChI=1S/C50H35N3S/c1-30-22-40(53-45-12-5-3-8-41(45)42-9-4-6-13-46(42)53)23-31(2)49(30)35-17-15-33-25-38-28-36-26-34(16-14-32(36)24-39(38)29-37(33)27-35)47-18-19-48(54-47)43-10-7-11-44-50(43)52-21-20-51-44/h3-23,25-27,29H,24,28H2,1-2H3. The van der Waals surface area contributed by atoms with Crippen molar-refractivity contribution in [3.05, 3.63) is 185 Å². The van der Waals surface area contributed by atoms with Crippen molar-refractivity contribution in [2.24, 2.45) is 0 Å². The van der Waals surface area contributed by atoms with E-state index in [1.807, 2.05) is 17.4 Å². The highest BCUT2D eigenvalue weighted by Gasteiger charge is 2.19. The van der Waals surface area contributed by atoms with Crippen LogP contribution in [0.15, 0.2) is 152 Å². The molecular formula is C50H35N3S. The van der Waals surface area contributed by atoms with Gasteiger partial charge in [0.25, 0.3) is 0 Å². The predicted molar refractivity (Wildman–Crippen MR) is 227 cm³/mol. The Morgan fingerprint density at radius 1 is 0.519 bits per heavy atom. The number of nitrogens with zero attached hydrogens (tertiary/aromatic N) is 3. The van der Waals surface area contributed by atoms with Crippen molar-refractivity contribution in [1.29, 1.82) is 0 Å². The van der Waals surface area contributed by atoms with Crippen LogP contribution in [0.2, 0.25) is 0 Å². The second-order valence-electron chi connectivity index (χ2n) is 14.7. The first-order valence-corrected chi connectivity index (χ1v) is 19.5. The predicted octanol–water partition coefficient (Wildman–Crippen LogP) is 13.1. The minimum atomic E-state index is 0.927. The molecule has 3 heterocycles. The van der Waals surface area contributed by atoms with E-state index < -0.39 is 0 Å². The molecule has 7 aromatic carbocycles. The molecule has 1 aliphatic carbocycles. The molecule has 256 valence electrons. The van der Waals surface area contributed by atoms with Gasteiger partial charge in [-0.05, 0) is 142 Å². The summed E-state index contributed by atoms with van der Waals surface area (Å²) >= 11 is 1.82. The SMILES string of the molecule is Cc1cc(-n2c3ccccc3c3ccccc32)cc(C)c1-c1ccc2cc3c(cc2c1)Cc1ccc(-c2ccc(-c4cccc5nccnc45)s2)cc1C3. The molecule has 0 N–H and O–H groups in total. The number of para-hydroxylation sites is 3. The van der Waals surface area contributed by atoms with Crippen molar-refractivity contribution in [2.45, 2.75) is 26.7 Å². The number of thiophene rings is 1. The van der Waals surface area contributed by atoms with Gasteiger partial charge < -0.3 is 4.57 Å². The highest BCUT2D eigenvalue weighted by molar-refractivity contribution is 7.18. The van der Waals surface area contributed by atoms with Crippen LogP contribution in [0, 0.1) is 13.8 Å². The molecule has 1 aliphatic rings. The summed E-state index contributed by atoms with van der Waals surface area (Å²) in [6.07, 6.45) is 5.45. The molecule has 0 saturated heterocycles. The summed E-state index contributed by atoms with van der Waals surface area (Å²) in [5.41, 5.74) is 18.9. The van der Waals surface area contributed by atoms with Gasteiger partial charge >= 0.3 is 0 Å². The molecule has 0 amide bonds. The number of aromatic nitrogens is 3. The van der Waals surface area contributed by atoms with E-state index in [-0.39, 0.29) is 0 Å². The Morgan fingerprint density at radius 3 is 1.98 bits per heavy atom. The van der Waals surface area contributed by atoms with Gasteiger partial charge in [-0.3, -0.25) is 9.97 Å². The molecule has 4 heteroatoms. The molecule has 54 heavy (non-hydrogen) atoms. The lowest BCUT2D eigenvalue weighted by atomic mass is 9.83. The van der Waals surface area contributed by atoms with Crippen LogP contribution in [0.25, 0.3) is 81.3 Å². The number of aryl methyl sites for hydroxylation is 2. The van der Waals surface area contributed by atoms with Crippen LogP contribution >= 0.6 is 11.3 Å². The van der Waals surface area contributed by atoms with E-state index in [0.717, 1.165) is 29.4 Å². The van der Waals surface area contributed by atoms with Gasteiger partial charge in [0.15, 0.2) is 0 Å². The van der Waals surface area contributed by atoms with Crippen molar-refractivity contribution in [3.63, 3.8) is 0 Å². The smallest absolute Gasteiger partial charge is 0.0973 e. The van der Waals surface area contributed by atoms with Crippen LogP contribution < -0.4 is 0 Å². The molecule has 0 unspecified atom stereocenters. The third-order valence-electron chi connectivity index (χ3n) is 11.4. The molecule has 0 spiro atoms. The van der Waals surface area contributed by atoms with Gasteiger partial charge in [0.05, 0.1) is 22.1 Å². The zero-order valence-electron chi connectivity index (χ0n) is 30.1. The van der Waals surface area contributed by atoms with Crippen LogP contribution in [0.1, 0.15) is 33.4 Å². The largest absolute Gasteiger partial charge is 0.309 e.